The minimum absolute atomic E-state index is 0.586. The summed E-state index contributed by atoms with van der Waals surface area (Å²) >= 11 is 0. The van der Waals surface area contributed by atoms with Gasteiger partial charge in [-0.15, -0.1) is 0 Å². The average Bonchev–Trinajstić information content (AvgIpc) is 1.88. The van der Waals surface area contributed by atoms with E-state index in [9.17, 15) is 18.0 Å². The maximum absolute atomic E-state index is 11.5. The monoisotopic (exact) mass is 185 g/mol. The fourth-order valence-electron chi connectivity index (χ4n) is 0.380. The molecule has 0 aliphatic rings. The van der Waals surface area contributed by atoms with Crippen molar-refractivity contribution in [1.29, 1.82) is 0 Å². The first kappa shape index (κ1) is 13.8. The molecule has 0 aromatic rings. The van der Waals surface area contributed by atoms with Crippen LogP contribution in [0.25, 0.3) is 0 Å². The fourth-order valence-corrected chi connectivity index (χ4v) is 0.380. The molecule has 5 heteroatoms. The van der Waals surface area contributed by atoms with Gasteiger partial charge in [0, 0.05) is 14.0 Å². The molecule has 0 atom stereocenters. The second kappa shape index (κ2) is 5.85. The molecular formula is C7H14F3NO. The summed E-state index contributed by atoms with van der Waals surface area (Å²) in [4.78, 5) is 10.9. The van der Waals surface area contributed by atoms with Crippen molar-refractivity contribution < 1.29 is 18.0 Å². The van der Waals surface area contributed by atoms with E-state index in [0.29, 0.717) is 4.90 Å². The normalized spacial score (nSPS) is 9.92. The van der Waals surface area contributed by atoms with Gasteiger partial charge < -0.3 is 4.90 Å². The lowest BCUT2D eigenvalue weighted by Crippen LogP contribution is -2.34. The van der Waals surface area contributed by atoms with Gasteiger partial charge in [-0.2, -0.15) is 13.2 Å². The van der Waals surface area contributed by atoms with Gasteiger partial charge in [0.05, 0.1) is 0 Å². The van der Waals surface area contributed by atoms with Crippen molar-refractivity contribution in [3.05, 3.63) is 0 Å². The highest BCUT2D eigenvalue weighted by molar-refractivity contribution is 5.72. The zero-order chi connectivity index (χ0) is 10.4. The van der Waals surface area contributed by atoms with E-state index in [1.165, 1.54) is 0 Å². The summed E-state index contributed by atoms with van der Waals surface area (Å²) < 4.78 is 34.4. The second-order valence-electron chi connectivity index (χ2n) is 1.99. The van der Waals surface area contributed by atoms with Crippen molar-refractivity contribution >= 4 is 5.91 Å². The van der Waals surface area contributed by atoms with Crippen molar-refractivity contribution in [2.45, 2.75) is 26.9 Å². The van der Waals surface area contributed by atoms with Crippen LogP contribution in [-0.4, -0.2) is 30.6 Å². The molecule has 74 valence electrons. The number of carbonyl (C=O) groups excluding carboxylic acids is 1. The Balaban J connectivity index is 0. The van der Waals surface area contributed by atoms with E-state index >= 15 is 0 Å². The number of halogens is 3. The van der Waals surface area contributed by atoms with Gasteiger partial charge >= 0.3 is 6.18 Å². The Bertz CT molecular complexity index is 133. The van der Waals surface area contributed by atoms with Gasteiger partial charge in [0.1, 0.15) is 6.54 Å². The highest BCUT2D eigenvalue weighted by Gasteiger charge is 2.29. The summed E-state index contributed by atoms with van der Waals surface area (Å²) in [6.07, 6.45) is -4.29. The minimum atomic E-state index is -4.29. The predicted molar refractivity (Wildman–Crippen MR) is 40.7 cm³/mol. The summed E-state index contributed by atoms with van der Waals surface area (Å²) in [5.41, 5.74) is 0. The SMILES string of the molecule is CC.CC(=O)N(C)CC(F)(F)F. The molecule has 0 rings (SSSR count). The number of nitrogens with zero attached hydrogens (tertiary/aromatic N) is 1. The molecular weight excluding hydrogens is 171 g/mol. The molecule has 2 nitrogen and oxygen atoms in total. The Morgan fingerprint density at radius 3 is 1.75 bits per heavy atom. The lowest BCUT2D eigenvalue weighted by Gasteiger charge is -2.16. The molecule has 0 aliphatic carbocycles. The van der Waals surface area contributed by atoms with Gasteiger partial charge in [0.15, 0.2) is 0 Å². The number of amides is 1. The van der Waals surface area contributed by atoms with Crippen LogP contribution in [0, 0.1) is 0 Å². The molecule has 0 radical (unpaired) electrons. The Morgan fingerprint density at radius 2 is 1.67 bits per heavy atom. The number of carbonyl (C=O) groups is 1. The van der Waals surface area contributed by atoms with Gasteiger partial charge in [0.25, 0.3) is 0 Å². The standard InChI is InChI=1S/C5H8F3NO.C2H6/c1-4(10)9(2)3-5(6,7)8;1-2/h3H2,1-2H3;1-2H3. The van der Waals surface area contributed by atoms with E-state index in [1.807, 2.05) is 13.8 Å². The van der Waals surface area contributed by atoms with Crippen molar-refractivity contribution in [2.75, 3.05) is 13.6 Å². The van der Waals surface area contributed by atoms with Gasteiger partial charge in [-0.3, -0.25) is 4.79 Å². The summed E-state index contributed by atoms with van der Waals surface area (Å²) in [5.74, 6) is -0.586. The van der Waals surface area contributed by atoms with Crippen molar-refractivity contribution in [3.63, 3.8) is 0 Å². The zero-order valence-corrected chi connectivity index (χ0v) is 7.70. The highest BCUT2D eigenvalue weighted by atomic mass is 19.4. The number of hydrogen-bond acceptors (Lipinski definition) is 1. The number of hydrogen-bond donors (Lipinski definition) is 0. The first-order chi connectivity index (χ1) is 5.33. The lowest BCUT2D eigenvalue weighted by atomic mass is 10.5. The predicted octanol–water partition coefficient (Wildman–Crippen LogP) is 2.05. The molecule has 0 aromatic heterocycles. The van der Waals surface area contributed by atoms with Crippen LogP contribution in [0.3, 0.4) is 0 Å². The van der Waals surface area contributed by atoms with E-state index < -0.39 is 18.6 Å². The molecule has 0 spiro atoms. The molecule has 12 heavy (non-hydrogen) atoms. The Labute approximate surface area is 70.4 Å². The topological polar surface area (TPSA) is 20.3 Å². The largest absolute Gasteiger partial charge is 0.406 e. The molecule has 0 bridgehead atoms. The minimum Gasteiger partial charge on any atom is -0.337 e. The first-order valence-corrected chi connectivity index (χ1v) is 3.61. The van der Waals surface area contributed by atoms with E-state index in [0.717, 1.165) is 14.0 Å². The van der Waals surface area contributed by atoms with Crippen LogP contribution in [0.4, 0.5) is 13.2 Å². The summed E-state index contributed by atoms with van der Waals surface area (Å²) in [6, 6.07) is 0. The third-order valence-corrected chi connectivity index (χ3v) is 0.954. The Morgan fingerprint density at radius 1 is 1.33 bits per heavy atom. The molecule has 0 heterocycles. The van der Waals surface area contributed by atoms with Crippen molar-refractivity contribution in [1.82, 2.24) is 4.90 Å². The van der Waals surface area contributed by atoms with Crippen LogP contribution in [0.1, 0.15) is 20.8 Å². The first-order valence-electron chi connectivity index (χ1n) is 3.61. The van der Waals surface area contributed by atoms with Gasteiger partial charge in [0.2, 0.25) is 5.91 Å². The van der Waals surface area contributed by atoms with E-state index in [-0.39, 0.29) is 0 Å². The van der Waals surface area contributed by atoms with Gasteiger partial charge in [-0.1, -0.05) is 13.8 Å². The molecule has 1 amide bonds. The zero-order valence-electron chi connectivity index (χ0n) is 7.70. The van der Waals surface area contributed by atoms with E-state index in [1.54, 1.807) is 0 Å². The van der Waals surface area contributed by atoms with Crippen molar-refractivity contribution in [3.8, 4) is 0 Å². The fraction of sp³-hybridized carbons (Fsp3) is 0.857. The molecule has 0 saturated heterocycles. The van der Waals surface area contributed by atoms with E-state index in [4.69, 9.17) is 0 Å². The van der Waals surface area contributed by atoms with Crippen LogP contribution >= 0.6 is 0 Å². The summed E-state index contributed by atoms with van der Waals surface area (Å²) in [7, 11) is 1.11. The molecule has 0 unspecified atom stereocenters. The molecule has 0 N–H and O–H groups in total. The molecule has 0 fully saturated rings. The average molecular weight is 185 g/mol. The number of alkyl halides is 3. The lowest BCUT2D eigenvalue weighted by molar-refractivity contribution is -0.157. The maximum atomic E-state index is 11.5. The van der Waals surface area contributed by atoms with Crippen LogP contribution in [0.15, 0.2) is 0 Å². The van der Waals surface area contributed by atoms with Crippen LogP contribution < -0.4 is 0 Å². The quantitative estimate of drug-likeness (QED) is 0.612. The van der Waals surface area contributed by atoms with Crippen molar-refractivity contribution in [2.24, 2.45) is 0 Å². The third kappa shape index (κ3) is 9.26. The highest BCUT2D eigenvalue weighted by Crippen LogP contribution is 2.15. The third-order valence-electron chi connectivity index (χ3n) is 0.954. The molecule has 0 aliphatic heterocycles. The van der Waals surface area contributed by atoms with Gasteiger partial charge in [-0.25, -0.2) is 0 Å². The second-order valence-corrected chi connectivity index (χ2v) is 1.99. The number of rotatable bonds is 1. The van der Waals surface area contributed by atoms with Gasteiger partial charge in [-0.05, 0) is 0 Å². The molecule has 0 saturated carbocycles. The smallest absolute Gasteiger partial charge is 0.337 e. The Kier molecular flexibility index (Phi) is 6.74. The van der Waals surface area contributed by atoms with Crippen LogP contribution in [0.2, 0.25) is 0 Å². The Hall–Kier alpha value is -0.740. The van der Waals surface area contributed by atoms with E-state index in [2.05, 4.69) is 0 Å². The van der Waals surface area contributed by atoms with Crippen LogP contribution in [-0.2, 0) is 4.79 Å². The summed E-state index contributed by atoms with van der Waals surface area (Å²) in [5, 5.41) is 0. The summed E-state index contributed by atoms with van der Waals surface area (Å²) in [6.45, 7) is 3.91. The molecule has 0 aromatic carbocycles. The van der Waals surface area contributed by atoms with Crippen LogP contribution in [0.5, 0.6) is 0 Å². The maximum Gasteiger partial charge on any atom is 0.406 e.